The molecule has 2 heterocycles. The maximum Gasteiger partial charge on any atom is 0.416 e. The van der Waals surface area contributed by atoms with Gasteiger partial charge in [0.05, 0.1) is 12.1 Å². The summed E-state index contributed by atoms with van der Waals surface area (Å²) in [6.07, 6.45) is 0.811. The van der Waals surface area contributed by atoms with Gasteiger partial charge in [0.1, 0.15) is 0 Å². The lowest BCUT2D eigenvalue weighted by molar-refractivity contribution is -0.138. The van der Waals surface area contributed by atoms with Gasteiger partial charge in [0.2, 0.25) is 11.9 Å². The van der Waals surface area contributed by atoms with Crippen LogP contribution in [0.1, 0.15) is 24.0 Å². The Hall–Kier alpha value is -2.68. The third-order valence-electron chi connectivity index (χ3n) is 5.57. The minimum absolute atomic E-state index is 0.0416. The summed E-state index contributed by atoms with van der Waals surface area (Å²) in [6.45, 7) is 2.64. The molecule has 0 bridgehead atoms. The Morgan fingerprint density at radius 1 is 1.03 bits per heavy atom. The molecule has 0 unspecified atom stereocenters. The fourth-order valence-electron chi connectivity index (χ4n) is 3.79. The largest absolute Gasteiger partial charge is 0.416 e. The number of carbonyl (C=O) groups excluding carboxylic acids is 1. The highest BCUT2D eigenvalue weighted by Gasteiger charge is 2.36. The zero-order chi connectivity index (χ0) is 21.1. The Morgan fingerprint density at radius 3 is 2.33 bits per heavy atom. The number of rotatable bonds is 6. The van der Waals surface area contributed by atoms with Crippen LogP contribution in [-0.2, 0) is 17.5 Å². The molecular weight excluding hydrogens is 395 g/mol. The number of anilines is 1. The summed E-state index contributed by atoms with van der Waals surface area (Å²) in [7, 11) is 0. The first-order chi connectivity index (χ1) is 14.4. The number of alkyl halides is 3. The van der Waals surface area contributed by atoms with Crippen LogP contribution in [0, 0.1) is 0 Å². The lowest BCUT2D eigenvalue weighted by Crippen LogP contribution is -2.51. The molecule has 1 aliphatic heterocycles. The molecule has 6 nitrogen and oxygen atoms in total. The first kappa shape index (κ1) is 20.6. The second kappa shape index (κ2) is 8.59. The average molecular weight is 419 g/mol. The minimum atomic E-state index is -4.40. The minimum Gasteiger partial charge on any atom is -0.338 e. The molecule has 0 radical (unpaired) electrons. The van der Waals surface area contributed by atoms with E-state index >= 15 is 0 Å². The maximum absolute atomic E-state index is 13.3. The first-order valence-electron chi connectivity index (χ1n) is 10.1. The summed E-state index contributed by atoms with van der Waals surface area (Å²) >= 11 is 0. The van der Waals surface area contributed by atoms with Crippen molar-refractivity contribution in [1.29, 1.82) is 0 Å². The zero-order valence-electron chi connectivity index (χ0n) is 16.6. The fourth-order valence-corrected chi connectivity index (χ4v) is 3.79. The predicted molar refractivity (Wildman–Crippen MR) is 106 cm³/mol. The second-order valence-electron chi connectivity index (χ2n) is 7.71. The smallest absolute Gasteiger partial charge is 0.338 e. The van der Waals surface area contributed by atoms with E-state index in [0.717, 1.165) is 18.9 Å². The molecule has 2 aliphatic rings. The van der Waals surface area contributed by atoms with Crippen molar-refractivity contribution in [3.8, 4) is 0 Å². The molecule has 160 valence electrons. The summed E-state index contributed by atoms with van der Waals surface area (Å²) in [6, 6.07) is 7.55. The van der Waals surface area contributed by atoms with Gasteiger partial charge in [-0.3, -0.25) is 9.69 Å². The van der Waals surface area contributed by atoms with E-state index in [0.29, 0.717) is 32.1 Å². The molecule has 1 saturated carbocycles. The van der Waals surface area contributed by atoms with E-state index in [9.17, 15) is 18.0 Å². The van der Waals surface area contributed by atoms with Crippen molar-refractivity contribution >= 4 is 11.9 Å². The van der Waals surface area contributed by atoms with E-state index in [2.05, 4.69) is 9.97 Å². The van der Waals surface area contributed by atoms with Crippen molar-refractivity contribution in [2.24, 2.45) is 0 Å². The van der Waals surface area contributed by atoms with Crippen LogP contribution < -0.4 is 4.90 Å². The van der Waals surface area contributed by atoms with Gasteiger partial charge in [0.25, 0.3) is 0 Å². The summed E-state index contributed by atoms with van der Waals surface area (Å²) in [4.78, 5) is 27.0. The molecular formula is C21H24F3N5O. The van der Waals surface area contributed by atoms with Crippen LogP contribution >= 0.6 is 0 Å². The Balaban J connectivity index is 1.37. The number of piperazine rings is 1. The monoisotopic (exact) mass is 419 g/mol. The molecule has 0 N–H and O–H groups in total. The van der Waals surface area contributed by atoms with E-state index in [-0.39, 0.29) is 30.6 Å². The van der Waals surface area contributed by atoms with Crippen LogP contribution in [-0.4, -0.2) is 64.4 Å². The number of hydrogen-bond donors (Lipinski definition) is 0. The van der Waals surface area contributed by atoms with E-state index in [1.165, 1.54) is 12.1 Å². The molecule has 2 aromatic rings. The molecule has 2 fully saturated rings. The normalized spacial score (nSPS) is 17.5. The van der Waals surface area contributed by atoms with Gasteiger partial charge in [-0.15, -0.1) is 0 Å². The van der Waals surface area contributed by atoms with E-state index in [4.69, 9.17) is 0 Å². The van der Waals surface area contributed by atoms with Gasteiger partial charge in [0, 0.05) is 51.2 Å². The van der Waals surface area contributed by atoms with Crippen molar-refractivity contribution in [1.82, 2.24) is 19.8 Å². The van der Waals surface area contributed by atoms with Crippen LogP contribution in [0.3, 0.4) is 0 Å². The van der Waals surface area contributed by atoms with E-state index in [1.54, 1.807) is 29.4 Å². The summed E-state index contributed by atoms with van der Waals surface area (Å²) in [5.74, 6) is 0.605. The molecule has 1 aliphatic carbocycles. The summed E-state index contributed by atoms with van der Waals surface area (Å²) < 4.78 is 40.0. The highest BCUT2D eigenvalue weighted by Crippen LogP contribution is 2.34. The number of amides is 1. The van der Waals surface area contributed by atoms with E-state index in [1.807, 2.05) is 9.80 Å². The molecule has 4 rings (SSSR count). The van der Waals surface area contributed by atoms with Gasteiger partial charge in [0.15, 0.2) is 0 Å². The third kappa shape index (κ3) is 4.89. The Morgan fingerprint density at radius 2 is 1.70 bits per heavy atom. The molecule has 1 saturated heterocycles. The third-order valence-corrected chi connectivity index (χ3v) is 5.57. The Kier molecular flexibility index (Phi) is 5.90. The topological polar surface area (TPSA) is 52.6 Å². The predicted octanol–water partition coefficient (Wildman–Crippen LogP) is 2.81. The quantitative estimate of drug-likeness (QED) is 0.721. The van der Waals surface area contributed by atoms with Crippen LogP contribution in [0.15, 0.2) is 42.7 Å². The molecule has 9 heteroatoms. The number of hydrogen-bond acceptors (Lipinski definition) is 5. The highest BCUT2D eigenvalue weighted by molar-refractivity contribution is 5.78. The number of carbonyl (C=O) groups is 1. The summed E-state index contributed by atoms with van der Waals surface area (Å²) in [5, 5.41) is 0. The van der Waals surface area contributed by atoms with E-state index < -0.39 is 11.7 Å². The van der Waals surface area contributed by atoms with Crippen molar-refractivity contribution in [2.75, 3.05) is 37.6 Å². The summed E-state index contributed by atoms with van der Waals surface area (Å²) in [5.41, 5.74) is -0.407. The van der Waals surface area contributed by atoms with Crippen molar-refractivity contribution in [2.45, 2.75) is 31.6 Å². The number of aromatic nitrogens is 2. The highest BCUT2D eigenvalue weighted by atomic mass is 19.4. The molecule has 30 heavy (non-hydrogen) atoms. The van der Waals surface area contributed by atoms with Crippen molar-refractivity contribution < 1.29 is 18.0 Å². The Bertz CT molecular complexity index is 864. The molecule has 0 atom stereocenters. The molecule has 1 amide bonds. The number of nitrogens with zero attached hydrogens (tertiary/aromatic N) is 5. The van der Waals surface area contributed by atoms with Crippen LogP contribution in [0.2, 0.25) is 0 Å². The lowest BCUT2D eigenvalue weighted by atomic mass is 10.1. The molecule has 1 aromatic heterocycles. The van der Waals surface area contributed by atoms with Gasteiger partial charge in [-0.1, -0.05) is 18.2 Å². The SMILES string of the molecule is O=C(CN(Cc1ccccc1C(F)(F)F)C1CC1)N1CCN(c2ncccn2)CC1. The Labute approximate surface area is 173 Å². The molecule has 1 aromatic carbocycles. The van der Waals surface area contributed by atoms with Crippen molar-refractivity contribution in [3.63, 3.8) is 0 Å². The zero-order valence-corrected chi connectivity index (χ0v) is 16.6. The van der Waals surface area contributed by atoms with Gasteiger partial charge >= 0.3 is 6.18 Å². The van der Waals surface area contributed by atoms with Crippen LogP contribution in [0.5, 0.6) is 0 Å². The van der Waals surface area contributed by atoms with Gasteiger partial charge in [-0.05, 0) is 30.5 Å². The second-order valence-corrected chi connectivity index (χ2v) is 7.71. The lowest BCUT2D eigenvalue weighted by Gasteiger charge is -2.36. The van der Waals surface area contributed by atoms with Gasteiger partial charge in [-0.25, -0.2) is 9.97 Å². The average Bonchev–Trinajstić information content (AvgIpc) is 3.59. The maximum atomic E-state index is 13.3. The first-order valence-corrected chi connectivity index (χ1v) is 10.1. The fraction of sp³-hybridized carbons (Fsp3) is 0.476. The van der Waals surface area contributed by atoms with Gasteiger partial charge < -0.3 is 9.80 Å². The van der Waals surface area contributed by atoms with Gasteiger partial charge in [-0.2, -0.15) is 13.2 Å². The standard InChI is InChI=1S/C21H24F3N5O/c22-21(23,24)18-5-2-1-4-16(18)14-29(17-6-7-17)15-19(30)27-10-12-28(13-11-27)20-25-8-3-9-26-20/h1-5,8-9,17H,6-7,10-15H2. The van der Waals surface area contributed by atoms with Crippen LogP contribution in [0.25, 0.3) is 0 Å². The number of halogens is 3. The van der Waals surface area contributed by atoms with Crippen molar-refractivity contribution in [3.05, 3.63) is 53.9 Å². The number of benzene rings is 1. The molecule has 0 spiro atoms. The van der Waals surface area contributed by atoms with Crippen LogP contribution in [0.4, 0.5) is 19.1 Å².